The molecule has 0 spiro atoms. The van der Waals surface area contributed by atoms with E-state index in [0.29, 0.717) is 24.6 Å². The number of imide groups is 1. The van der Waals surface area contributed by atoms with Gasteiger partial charge in [0.05, 0.1) is 24.7 Å². The molecule has 0 radical (unpaired) electrons. The van der Waals surface area contributed by atoms with Crippen LogP contribution in [0.2, 0.25) is 0 Å². The molecule has 1 heterocycles. The summed E-state index contributed by atoms with van der Waals surface area (Å²) >= 11 is 0. The molecule has 0 unspecified atom stereocenters. The zero-order chi connectivity index (χ0) is 20.1. The predicted octanol–water partition coefficient (Wildman–Crippen LogP) is 0.234. The van der Waals surface area contributed by atoms with Crippen LogP contribution >= 0.6 is 0 Å². The number of amides is 2. The minimum Gasteiger partial charge on any atom is -0.545 e. The lowest BCUT2D eigenvalue weighted by molar-refractivity contribution is -0.690. The number of benzene rings is 2. The molecule has 146 valence electrons. The number of nitrogens with two attached hydrogens (primary N) is 1. The first-order chi connectivity index (χ1) is 13.5. The van der Waals surface area contributed by atoms with E-state index in [1.54, 1.807) is 41.7 Å². The van der Waals surface area contributed by atoms with Crippen LogP contribution in [0.5, 0.6) is 5.75 Å². The number of carbonyl (C=O) groups excluding carboxylic acids is 3. The van der Waals surface area contributed by atoms with E-state index in [0.717, 1.165) is 12.0 Å². The smallest absolute Gasteiger partial charge is 0.292 e. The van der Waals surface area contributed by atoms with Crippen molar-refractivity contribution in [3.8, 4) is 5.75 Å². The van der Waals surface area contributed by atoms with Gasteiger partial charge in [-0.2, -0.15) is 0 Å². The summed E-state index contributed by atoms with van der Waals surface area (Å²) < 4.78 is 5.52. The van der Waals surface area contributed by atoms with E-state index in [-0.39, 0.29) is 23.8 Å². The summed E-state index contributed by atoms with van der Waals surface area (Å²) in [7, 11) is 0. The van der Waals surface area contributed by atoms with Crippen molar-refractivity contribution in [3.05, 3.63) is 59.7 Å². The van der Waals surface area contributed by atoms with Crippen LogP contribution < -0.4 is 20.1 Å². The lowest BCUT2D eigenvalue weighted by atomic mass is 10.1. The molecule has 0 saturated carbocycles. The first-order valence-corrected chi connectivity index (χ1v) is 9.23. The van der Waals surface area contributed by atoms with Gasteiger partial charge < -0.3 is 20.0 Å². The number of anilines is 1. The van der Waals surface area contributed by atoms with Crippen LogP contribution in [0, 0.1) is 0 Å². The van der Waals surface area contributed by atoms with Gasteiger partial charge in [-0.15, -0.1) is 0 Å². The molecule has 2 aromatic rings. The second-order valence-electron chi connectivity index (χ2n) is 6.64. The van der Waals surface area contributed by atoms with Crippen LogP contribution in [0.3, 0.4) is 0 Å². The highest BCUT2D eigenvalue weighted by Crippen LogP contribution is 2.24. The van der Waals surface area contributed by atoms with Gasteiger partial charge >= 0.3 is 0 Å². The van der Waals surface area contributed by atoms with Crippen LogP contribution in [0.15, 0.2) is 48.5 Å². The summed E-state index contributed by atoms with van der Waals surface area (Å²) in [6.07, 6.45) is 1.03. The van der Waals surface area contributed by atoms with E-state index in [9.17, 15) is 19.5 Å². The summed E-state index contributed by atoms with van der Waals surface area (Å²) in [5, 5.41) is 12.6. The molecule has 0 bridgehead atoms. The van der Waals surface area contributed by atoms with Gasteiger partial charge in [-0.05, 0) is 36.2 Å². The van der Waals surface area contributed by atoms with E-state index in [1.165, 1.54) is 17.0 Å². The van der Waals surface area contributed by atoms with Crippen molar-refractivity contribution in [2.45, 2.75) is 32.4 Å². The monoisotopic (exact) mass is 382 g/mol. The number of carbonyl (C=O) groups is 3. The van der Waals surface area contributed by atoms with Crippen molar-refractivity contribution in [2.24, 2.45) is 0 Å². The van der Waals surface area contributed by atoms with Crippen molar-refractivity contribution < 1.29 is 29.5 Å². The zero-order valence-corrected chi connectivity index (χ0v) is 15.6. The maximum absolute atomic E-state index is 12.7. The van der Waals surface area contributed by atoms with Crippen molar-refractivity contribution in [3.63, 3.8) is 0 Å². The number of quaternary nitrogens is 1. The zero-order valence-electron chi connectivity index (χ0n) is 15.6. The Bertz CT molecular complexity index is 861. The predicted molar refractivity (Wildman–Crippen MR) is 99.5 cm³/mol. The second-order valence-corrected chi connectivity index (χ2v) is 6.64. The molecule has 0 aliphatic carbocycles. The number of carboxylic acid groups (broad SMARTS) is 1. The second kappa shape index (κ2) is 8.67. The van der Waals surface area contributed by atoms with E-state index < -0.39 is 12.0 Å². The standard InChI is InChI=1S/C21H22N2O5/c1-2-11-28-17-9-7-16(8-10-17)23-19(24)12-18(20(23)25)22-13-14-3-5-15(6-4-14)21(26)27/h3-10,18,22H,2,11-13H2,1H3,(H,26,27)/t18-/m0/s1. The van der Waals surface area contributed by atoms with Crippen molar-refractivity contribution >= 4 is 23.5 Å². The largest absolute Gasteiger partial charge is 0.545 e. The molecule has 2 amide bonds. The quantitative estimate of drug-likeness (QED) is 0.659. The molecule has 28 heavy (non-hydrogen) atoms. The van der Waals surface area contributed by atoms with Crippen LogP contribution in [0.1, 0.15) is 35.7 Å². The van der Waals surface area contributed by atoms with Gasteiger partial charge in [0.25, 0.3) is 5.91 Å². The molecule has 7 heteroatoms. The highest BCUT2D eigenvalue weighted by Gasteiger charge is 2.42. The van der Waals surface area contributed by atoms with E-state index in [1.807, 2.05) is 6.92 Å². The molecular formula is C21H22N2O5. The third-order valence-electron chi connectivity index (χ3n) is 4.58. The Morgan fingerprint density at radius 2 is 1.82 bits per heavy atom. The molecule has 1 fully saturated rings. The summed E-state index contributed by atoms with van der Waals surface area (Å²) in [5.41, 5.74) is 1.50. The van der Waals surface area contributed by atoms with E-state index in [4.69, 9.17) is 4.74 Å². The van der Waals surface area contributed by atoms with E-state index in [2.05, 4.69) is 0 Å². The highest BCUT2D eigenvalue weighted by atomic mass is 16.5. The number of aromatic carboxylic acids is 1. The van der Waals surface area contributed by atoms with Gasteiger partial charge in [-0.3, -0.25) is 9.59 Å². The number of rotatable bonds is 8. The van der Waals surface area contributed by atoms with Gasteiger partial charge in [0.15, 0.2) is 6.04 Å². The van der Waals surface area contributed by atoms with Crippen molar-refractivity contribution in [1.82, 2.24) is 0 Å². The van der Waals surface area contributed by atoms with Crippen LogP contribution in [0.25, 0.3) is 0 Å². The molecule has 2 aromatic carbocycles. The Labute approximate surface area is 162 Å². The number of hydrogen-bond acceptors (Lipinski definition) is 5. The minimum atomic E-state index is -1.23. The van der Waals surface area contributed by atoms with E-state index >= 15 is 0 Å². The lowest BCUT2D eigenvalue weighted by Crippen LogP contribution is -2.90. The summed E-state index contributed by atoms with van der Waals surface area (Å²) in [4.78, 5) is 37.1. The maximum atomic E-state index is 12.7. The van der Waals surface area contributed by atoms with Crippen molar-refractivity contribution in [1.29, 1.82) is 0 Å². The molecule has 1 aliphatic heterocycles. The fourth-order valence-electron chi connectivity index (χ4n) is 3.08. The maximum Gasteiger partial charge on any atom is 0.292 e. The average Bonchev–Trinajstić information content (AvgIpc) is 2.99. The summed E-state index contributed by atoms with van der Waals surface area (Å²) in [6, 6.07) is 12.7. The first-order valence-electron chi connectivity index (χ1n) is 9.23. The first kappa shape index (κ1) is 19.6. The van der Waals surface area contributed by atoms with Gasteiger partial charge in [0.2, 0.25) is 5.91 Å². The third kappa shape index (κ3) is 4.37. The molecule has 1 aliphatic rings. The molecule has 7 nitrogen and oxygen atoms in total. The number of hydrogen-bond donors (Lipinski definition) is 1. The third-order valence-corrected chi connectivity index (χ3v) is 4.58. The average molecular weight is 382 g/mol. The van der Waals surface area contributed by atoms with Crippen LogP contribution in [0.4, 0.5) is 5.69 Å². The Kier molecular flexibility index (Phi) is 6.06. The Balaban J connectivity index is 1.62. The van der Waals surface area contributed by atoms with Crippen LogP contribution in [-0.2, 0) is 16.1 Å². The molecular weight excluding hydrogens is 360 g/mol. The summed E-state index contributed by atoms with van der Waals surface area (Å²) in [5.74, 6) is -1.01. The normalized spacial score (nSPS) is 16.5. The molecule has 1 atom stereocenters. The molecule has 0 aromatic heterocycles. The molecule has 2 N–H and O–H groups in total. The topological polar surface area (TPSA) is 103 Å². The van der Waals surface area contributed by atoms with Gasteiger partial charge in [0.1, 0.15) is 12.3 Å². The Hall–Kier alpha value is -3.19. The number of nitrogens with zero attached hydrogens (tertiary/aromatic N) is 1. The number of carboxylic acids is 1. The SMILES string of the molecule is CCCOc1ccc(N2C(=O)C[C@H]([NH2+]Cc3ccc(C(=O)[O-])cc3)C2=O)cc1. The van der Waals surface area contributed by atoms with Gasteiger partial charge in [-0.1, -0.05) is 31.2 Å². The fourth-order valence-corrected chi connectivity index (χ4v) is 3.08. The Morgan fingerprint density at radius 3 is 2.43 bits per heavy atom. The minimum absolute atomic E-state index is 0.105. The van der Waals surface area contributed by atoms with Crippen LogP contribution in [-0.4, -0.2) is 30.4 Å². The van der Waals surface area contributed by atoms with Crippen molar-refractivity contribution in [2.75, 3.05) is 11.5 Å². The lowest BCUT2D eigenvalue weighted by Gasteiger charge is -2.15. The molecule has 1 saturated heterocycles. The van der Waals surface area contributed by atoms with Gasteiger partial charge in [-0.25, -0.2) is 4.90 Å². The fraction of sp³-hybridized carbons (Fsp3) is 0.286. The number of ether oxygens (including phenoxy) is 1. The van der Waals surface area contributed by atoms with Gasteiger partial charge in [0, 0.05) is 5.56 Å². The Morgan fingerprint density at radius 1 is 1.14 bits per heavy atom. The molecule has 3 rings (SSSR count). The summed E-state index contributed by atoms with van der Waals surface area (Å²) in [6.45, 7) is 3.10. The highest BCUT2D eigenvalue weighted by molar-refractivity contribution is 6.21.